The van der Waals surface area contributed by atoms with Crippen LogP contribution in [0.3, 0.4) is 0 Å². The number of rotatable bonds is 6. The third-order valence-corrected chi connectivity index (χ3v) is 4.62. The van der Waals surface area contributed by atoms with Crippen LogP contribution in [0, 0.1) is 0 Å². The predicted molar refractivity (Wildman–Crippen MR) is 113 cm³/mol. The number of anilines is 1. The summed E-state index contributed by atoms with van der Waals surface area (Å²) in [7, 11) is 1.59. The first-order valence-electron chi connectivity index (χ1n) is 9.08. The van der Waals surface area contributed by atoms with Crippen molar-refractivity contribution in [1.29, 1.82) is 0 Å². The van der Waals surface area contributed by atoms with Gasteiger partial charge in [-0.3, -0.25) is 9.59 Å². The summed E-state index contributed by atoms with van der Waals surface area (Å²) in [4.78, 5) is 24.7. The van der Waals surface area contributed by atoms with Crippen LogP contribution in [0.2, 0.25) is 0 Å². The average molecular weight is 385 g/mol. The molecule has 0 unspecified atom stereocenters. The van der Waals surface area contributed by atoms with E-state index in [2.05, 4.69) is 5.32 Å². The van der Waals surface area contributed by atoms with Crippen LogP contribution in [0.25, 0.3) is 22.6 Å². The summed E-state index contributed by atoms with van der Waals surface area (Å²) in [5.41, 5.74) is 2.74. The number of nitrogens with zero attached hydrogens (tertiary/aromatic N) is 2. The van der Waals surface area contributed by atoms with Gasteiger partial charge in [-0.05, 0) is 36.4 Å². The normalized spacial score (nSPS) is 10.5. The van der Waals surface area contributed by atoms with Gasteiger partial charge in [0.1, 0.15) is 17.1 Å². The number of methoxy groups -OCH3 is 1. The maximum absolute atomic E-state index is 13.4. The van der Waals surface area contributed by atoms with Gasteiger partial charge in [-0.25, -0.2) is 9.36 Å². The fourth-order valence-electron chi connectivity index (χ4n) is 3.33. The molecule has 4 aromatic rings. The molecule has 6 nitrogen and oxygen atoms in total. The number of carbonyl (C=O) groups is 1. The Hall–Kier alpha value is -4.06. The van der Waals surface area contributed by atoms with Crippen molar-refractivity contribution in [3.8, 4) is 28.4 Å². The maximum atomic E-state index is 13.4. The van der Waals surface area contributed by atoms with E-state index in [4.69, 9.17) is 4.74 Å². The Labute approximate surface area is 167 Å². The molecule has 1 heterocycles. The Morgan fingerprint density at radius 3 is 1.97 bits per heavy atom. The molecule has 6 heteroatoms. The summed E-state index contributed by atoms with van der Waals surface area (Å²) in [6.07, 6.45) is 0.525. The lowest BCUT2D eigenvalue weighted by Gasteiger charge is -2.16. The Kier molecular flexibility index (Phi) is 4.99. The number of para-hydroxylation sites is 1. The van der Waals surface area contributed by atoms with Crippen molar-refractivity contribution in [1.82, 2.24) is 9.36 Å². The third kappa shape index (κ3) is 3.32. The lowest BCUT2D eigenvalue weighted by molar-refractivity contribution is -0.105. The summed E-state index contributed by atoms with van der Waals surface area (Å²) in [6.45, 7) is 0. The van der Waals surface area contributed by atoms with Gasteiger partial charge in [0.05, 0.1) is 18.5 Å². The van der Waals surface area contributed by atoms with E-state index >= 15 is 0 Å². The van der Waals surface area contributed by atoms with Crippen LogP contribution in [-0.2, 0) is 4.79 Å². The monoisotopic (exact) mass is 385 g/mol. The molecule has 0 aliphatic heterocycles. The molecule has 0 radical (unpaired) electrons. The summed E-state index contributed by atoms with van der Waals surface area (Å²) in [5, 5.41) is 2.61. The lowest BCUT2D eigenvalue weighted by atomic mass is 10.1. The number of ether oxygens (including phenoxy) is 1. The molecular weight excluding hydrogens is 366 g/mol. The number of aromatic nitrogens is 2. The SMILES string of the molecule is COc1ccc(-n2c(=O)c(NC=O)c(-c3ccccc3)n2-c2ccccc2)cc1. The molecule has 0 spiro atoms. The molecule has 29 heavy (non-hydrogen) atoms. The summed E-state index contributed by atoms with van der Waals surface area (Å²) < 4.78 is 8.59. The molecule has 0 saturated heterocycles. The van der Waals surface area contributed by atoms with E-state index in [9.17, 15) is 9.59 Å². The third-order valence-electron chi connectivity index (χ3n) is 4.62. The molecular formula is C23H19N3O3. The van der Waals surface area contributed by atoms with Crippen LogP contribution in [0.4, 0.5) is 5.69 Å². The maximum Gasteiger partial charge on any atom is 0.296 e. The van der Waals surface area contributed by atoms with Gasteiger partial charge in [0.25, 0.3) is 5.56 Å². The number of nitrogens with one attached hydrogen (secondary N) is 1. The van der Waals surface area contributed by atoms with E-state index in [-0.39, 0.29) is 11.2 Å². The highest BCUT2D eigenvalue weighted by molar-refractivity contribution is 5.84. The van der Waals surface area contributed by atoms with E-state index in [1.165, 1.54) is 0 Å². The van der Waals surface area contributed by atoms with E-state index in [0.717, 1.165) is 11.3 Å². The molecule has 144 valence electrons. The van der Waals surface area contributed by atoms with Gasteiger partial charge in [0, 0.05) is 5.56 Å². The summed E-state index contributed by atoms with van der Waals surface area (Å²) in [5.74, 6) is 0.689. The zero-order valence-electron chi connectivity index (χ0n) is 15.8. The molecule has 4 rings (SSSR count). The second kappa shape index (κ2) is 7.90. The van der Waals surface area contributed by atoms with Crippen molar-refractivity contribution in [2.45, 2.75) is 0 Å². The fourth-order valence-corrected chi connectivity index (χ4v) is 3.33. The molecule has 0 bridgehead atoms. The van der Waals surface area contributed by atoms with Gasteiger partial charge in [0.2, 0.25) is 6.41 Å². The van der Waals surface area contributed by atoms with Crippen LogP contribution < -0.4 is 15.6 Å². The van der Waals surface area contributed by atoms with E-state index in [1.807, 2.05) is 65.3 Å². The van der Waals surface area contributed by atoms with Gasteiger partial charge in [-0.15, -0.1) is 0 Å². The van der Waals surface area contributed by atoms with Crippen LogP contribution in [0.1, 0.15) is 0 Å². The first kappa shape index (κ1) is 18.3. The number of hydrogen-bond donors (Lipinski definition) is 1. The minimum Gasteiger partial charge on any atom is -0.497 e. The van der Waals surface area contributed by atoms with Gasteiger partial charge in [-0.2, -0.15) is 0 Å². The highest BCUT2D eigenvalue weighted by Gasteiger charge is 2.23. The van der Waals surface area contributed by atoms with Crippen molar-refractivity contribution in [3.63, 3.8) is 0 Å². The molecule has 0 fully saturated rings. The van der Waals surface area contributed by atoms with Crippen LogP contribution in [-0.4, -0.2) is 22.9 Å². The van der Waals surface area contributed by atoms with Gasteiger partial charge in [-0.1, -0.05) is 48.5 Å². The lowest BCUT2D eigenvalue weighted by Crippen LogP contribution is -2.21. The standard InChI is InChI=1S/C23H19N3O3/c1-29-20-14-12-19(13-15-20)26-23(28)21(24-16-27)22(17-8-4-2-5-9-17)25(26)18-10-6-3-7-11-18/h2-16H,1H3,(H,24,27). The highest BCUT2D eigenvalue weighted by atomic mass is 16.5. The Morgan fingerprint density at radius 2 is 1.38 bits per heavy atom. The second-order valence-electron chi connectivity index (χ2n) is 6.31. The van der Waals surface area contributed by atoms with Crippen molar-refractivity contribution in [2.24, 2.45) is 0 Å². The largest absolute Gasteiger partial charge is 0.497 e. The van der Waals surface area contributed by atoms with E-state index < -0.39 is 0 Å². The predicted octanol–water partition coefficient (Wildman–Crippen LogP) is 3.87. The van der Waals surface area contributed by atoms with Gasteiger partial charge in [0.15, 0.2) is 0 Å². The molecule has 0 aliphatic carbocycles. The summed E-state index contributed by atoms with van der Waals surface area (Å²) >= 11 is 0. The number of amides is 1. The van der Waals surface area contributed by atoms with Crippen molar-refractivity contribution < 1.29 is 9.53 Å². The first-order chi connectivity index (χ1) is 14.2. The van der Waals surface area contributed by atoms with Crippen molar-refractivity contribution >= 4 is 12.1 Å². The Bertz CT molecular complexity index is 1180. The highest BCUT2D eigenvalue weighted by Crippen LogP contribution is 2.30. The quantitative estimate of drug-likeness (QED) is 0.513. The molecule has 0 atom stereocenters. The average Bonchev–Trinajstić information content (AvgIpc) is 3.07. The Balaban J connectivity index is 2.09. The Morgan fingerprint density at radius 1 is 0.793 bits per heavy atom. The minimum atomic E-state index is -0.329. The van der Waals surface area contributed by atoms with Crippen molar-refractivity contribution in [2.75, 3.05) is 12.4 Å². The second-order valence-corrected chi connectivity index (χ2v) is 6.31. The van der Waals surface area contributed by atoms with Gasteiger partial charge >= 0.3 is 0 Å². The van der Waals surface area contributed by atoms with Crippen LogP contribution in [0.15, 0.2) is 89.7 Å². The smallest absolute Gasteiger partial charge is 0.296 e. The van der Waals surface area contributed by atoms with Crippen molar-refractivity contribution in [3.05, 3.63) is 95.3 Å². The first-order valence-corrected chi connectivity index (χ1v) is 9.08. The molecule has 0 aliphatic rings. The topological polar surface area (TPSA) is 65.3 Å². The molecule has 3 aromatic carbocycles. The number of hydrogen-bond acceptors (Lipinski definition) is 3. The minimum absolute atomic E-state index is 0.214. The molecule has 1 amide bonds. The zero-order chi connectivity index (χ0) is 20.2. The zero-order valence-corrected chi connectivity index (χ0v) is 15.8. The van der Waals surface area contributed by atoms with E-state index in [0.29, 0.717) is 23.5 Å². The number of benzene rings is 3. The fraction of sp³-hybridized carbons (Fsp3) is 0.0435. The van der Waals surface area contributed by atoms with Crippen LogP contribution >= 0.6 is 0 Å². The summed E-state index contributed by atoms with van der Waals surface area (Å²) in [6, 6.07) is 26.2. The van der Waals surface area contributed by atoms with Gasteiger partial charge < -0.3 is 10.1 Å². The number of carbonyl (C=O) groups excluding carboxylic acids is 1. The van der Waals surface area contributed by atoms with E-state index in [1.54, 1.807) is 36.1 Å². The molecule has 1 N–H and O–H groups in total. The molecule has 0 saturated carbocycles. The van der Waals surface area contributed by atoms with Crippen LogP contribution in [0.5, 0.6) is 5.75 Å². The molecule has 1 aromatic heterocycles.